The molecule has 1 fully saturated rings. The van der Waals surface area contributed by atoms with Gasteiger partial charge < -0.3 is 24.2 Å². The molecule has 5 rings (SSSR count). The van der Waals surface area contributed by atoms with E-state index in [9.17, 15) is 9.90 Å². The molecule has 3 aromatic carbocycles. The van der Waals surface area contributed by atoms with Crippen LogP contribution in [0.25, 0.3) is 0 Å². The van der Waals surface area contributed by atoms with Crippen LogP contribution >= 0.6 is 11.6 Å². The molecule has 2 aliphatic heterocycles. The number of rotatable bonds is 9. The molecule has 0 aromatic heterocycles. The number of anilines is 1. The van der Waals surface area contributed by atoms with Gasteiger partial charge in [-0.1, -0.05) is 35.9 Å². The Morgan fingerprint density at radius 2 is 1.68 bits per heavy atom. The molecule has 0 spiro atoms. The molecular formula is C33H39ClN2O5. The van der Waals surface area contributed by atoms with Gasteiger partial charge in [-0.05, 0) is 98.8 Å². The number of aliphatic hydroxyl groups is 1. The van der Waals surface area contributed by atoms with Crippen molar-refractivity contribution in [2.24, 2.45) is 0 Å². The molecule has 2 heterocycles. The molecule has 0 radical (unpaired) electrons. The highest BCUT2D eigenvalue weighted by Crippen LogP contribution is 2.44. The lowest BCUT2D eigenvalue weighted by atomic mass is 9.86. The smallest absolute Gasteiger partial charge is 0.232 e. The molecule has 1 amide bonds. The van der Waals surface area contributed by atoms with Crippen molar-refractivity contribution in [3.8, 4) is 11.5 Å². The van der Waals surface area contributed by atoms with Gasteiger partial charge in [0.1, 0.15) is 0 Å². The van der Waals surface area contributed by atoms with E-state index in [0.29, 0.717) is 16.5 Å². The van der Waals surface area contributed by atoms with Crippen LogP contribution in [0.4, 0.5) is 5.69 Å². The summed E-state index contributed by atoms with van der Waals surface area (Å²) in [5.41, 5.74) is 4.80. The summed E-state index contributed by atoms with van der Waals surface area (Å²) < 4.78 is 17.0. The van der Waals surface area contributed by atoms with E-state index in [1.807, 2.05) is 67.3 Å². The zero-order chi connectivity index (χ0) is 29.3. The summed E-state index contributed by atoms with van der Waals surface area (Å²) in [6.45, 7) is 7.01. The molecule has 1 saturated heterocycles. The van der Waals surface area contributed by atoms with Crippen LogP contribution in [0.3, 0.4) is 0 Å². The first kappa shape index (κ1) is 29.4. The van der Waals surface area contributed by atoms with E-state index in [0.717, 1.165) is 47.3 Å². The van der Waals surface area contributed by atoms with Crippen molar-refractivity contribution in [3.05, 3.63) is 87.9 Å². The predicted molar refractivity (Wildman–Crippen MR) is 161 cm³/mol. The molecule has 8 heteroatoms. The van der Waals surface area contributed by atoms with Crippen molar-refractivity contribution in [3.63, 3.8) is 0 Å². The Hall–Kier alpha value is -3.10. The monoisotopic (exact) mass is 578 g/mol. The van der Waals surface area contributed by atoms with Gasteiger partial charge in [0.15, 0.2) is 17.8 Å². The highest BCUT2D eigenvalue weighted by Gasteiger charge is 2.37. The molecular weight excluding hydrogens is 540 g/mol. The Balaban J connectivity index is 1.53. The first-order valence-electron chi connectivity index (χ1n) is 14.2. The first-order chi connectivity index (χ1) is 19.7. The van der Waals surface area contributed by atoms with Gasteiger partial charge in [0.25, 0.3) is 0 Å². The minimum atomic E-state index is -0.811. The maximum atomic E-state index is 13.8. The Labute approximate surface area is 247 Å². The summed E-state index contributed by atoms with van der Waals surface area (Å²) in [7, 11) is 3.16. The number of aliphatic hydroxyl groups excluding tert-OH is 1. The van der Waals surface area contributed by atoms with Crippen LogP contribution in [0.15, 0.2) is 60.7 Å². The second-order valence-corrected chi connectivity index (χ2v) is 11.5. The Morgan fingerprint density at radius 1 is 0.976 bits per heavy atom. The van der Waals surface area contributed by atoms with E-state index in [1.54, 1.807) is 14.2 Å². The second kappa shape index (κ2) is 12.4. The number of fused-ring (bicyclic) bond motifs is 1. The minimum Gasteiger partial charge on any atom is -0.493 e. The summed E-state index contributed by atoms with van der Waals surface area (Å²) in [6.07, 6.45) is 1.32. The third-order valence-corrected chi connectivity index (χ3v) is 8.45. The molecule has 7 nitrogen and oxygen atoms in total. The first-order valence-corrected chi connectivity index (χ1v) is 14.6. The minimum absolute atomic E-state index is 0.000605. The maximum absolute atomic E-state index is 13.8. The molecule has 3 aromatic rings. The van der Waals surface area contributed by atoms with Gasteiger partial charge in [-0.25, -0.2) is 0 Å². The second-order valence-electron chi connectivity index (χ2n) is 11.1. The van der Waals surface area contributed by atoms with Gasteiger partial charge in [0, 0.05) is 23.9 Å². The van der Waals surface area contributed by atoms with Crippen LogP contribution in [-0.2, 0) is 16.0 Å². The number of ether oxygens (including phenoxy) is 3. The van der Waals surface area contributed by atoms with E-state index in [2.05, 4.69) is 24.0 Å². The fourth-order valence-electron chi connectivity index (χ4n) is 6.19. The predicted octanol–water partition coefficient (Wildman–Crippen LogP) is 6.30. The molecule has 4 atom stereocenters. The Kier molecular flexibility index (Phi) is 8.90. The van der Waals surface area contributed by atoms with Crippen molar-refractivity contribution in [2.75, 3.05) is 25.7 Å². The standard InChI is InChI=1S/C33H39ClN2O5/c1-20(2)41-30-19-27-24(17-29(30)39-4)18-31(37)36(32(27)23-8-12-25(34)13-9-23)26-14-10-22(11-15-26)21(3)35-16-6-7-28(35)33(38)40-5/h8-15,17,19-21,28,32-33,38H,6-7,16,18H2,1-5H3/t21-,28-,32-,33?/m0/s1. The van der Waals surface area contributed by atoms with E-state index in [4.69, 9.17) is 25.8 Å². The molecule has 0 aliphatic carbocycles. The summed E-state index contributed by atoms with van der Waals surface area (Å²) in [5, 5.41) is 11.0. The summed E-state index contributed by atoms with van der Waals surface area (Å²) >= 11 is 6.25. The van der Waals surface area contributed by atoms with Crippen LogP contribution in [-0.4, -0.2) is 55.1 Å². The number of nitrogens with zero attached hydrogens (tertiary/aromatic N) is 2. The number of methoxy groups -OCH3 is 2. The van der Waals surface area contributed by atoms with Crippen molar-refractivity contribution >= 4 is 23.2 Å². The molecule has 1 N–H and O–H groups in total. The van der Waals surface area contributed by atoms with E-state index in [1.165, 1.54) is 0 Å². The molecule has 2 aliphatic rings. The molecule has 1 unspecified atom stereocenters. The Morgan fingerprint density at radius 3 is 2.32 bits per heavy atom. The van der Waals surface area contributed by atoms with E-state index >= 15 is 0 Å². The quantitative estimate of drug-likeness (QED) is 0.300. The van der Waals surface area contributed by atoms with Gasteiger partial charge in [-0.3, -0.25) is 9.69 Å². The average Bonchev–Trinajstić information content (AvgIpc) is 3.46. The molecule has 41 heavy (non-hydrogen) atoms. The highest BCUT2D eigenvalue weighted by atomic mass is 35.5. The maximum Gasteiger partial charge on any atom is 0.232 e. The van der Waals surface area contributed by atoms with Crippen molar-refractivity contribution in [2.45, 2.75) is 70.6 Å². The van der Waals surface area contributed by atoms with Crippen LogP contribution < -0.4 is 14.4 Å². The number of likely N-dealkylation sites (tertiary alicyclic amines) is 1. The van der Waals surface area contributed by atoms with Crippen molar-refractivity contribution in [1.29, 1.82) is 0 Å². The highest BCUT2D eigenvalue weighted by molar-refractivity contribution is 6.30. The third kappa shape index (κ3) is 5.95. The van der Waals surface area contributed by atoms with Gasteiger partial charge in [-0.15, -0.1) is 0 Å². The van der Waals surface area contributed by atoms with Crippen LogP contribution in [0.5, 0.6) is 11.5 Å². The van der Waals surface area contributed by atoms with Crippen LogP contribution in [0.2, 0.25) is 5.02 Å². The summed E-state index contributed by atoms with van der Waals surface area (Å²) in [4.78, 5) is 18.0. The number of amides is 1. The summed E-state index contributed by atoms with van der Waals surface area (Å²) in [5.74, 6) is 1.27. The number of carbonyl (C=O) groups is 1. The van der Waals surface area contributed by atoms with Gasteiger partial charge in [0.05, 0.1) is 31.7 Å². The van der Waals surface area contributed by atoms with Gasteiger partial charge in [-0.2, -0.15) is 0 Å². The van der Waals surface area contributed by atoms with Crippen LogP contribution in [0.1, 0.15) is 68.0 Å². The zero-order valence-corrected chi connectivity index (χ0v) is 25.1. The lowest BCUT2D eigenvalue weighted by Crippen LogP contribution is -2.41. The fourth-order valence-corrected chi connectivity index (χ4v) is 6.32. The van der Waals surface area contributed by atoms with E-state index in [-0.39, 0.29) is 36.6 Å². The zero-order valence-electron chi connectivity index (χ0n) is 24.3. The van der Waals surface area contributed by atoms with Crippen LogP contribution in [0, 0.1) is 0 Å². The van der Waals surface area contributed by atoms with Crippen molar-refractivity contribution in [1.82, 2.24) is 4.90 Å². The number of carbonyl (C=O) groups excluding carboxylic acids is 1. The number of halogens is 1. The number of benzene rings is 3. The molecule has 218 valence electrons. The molecule has 0 bridgehead atoms. The number of hydrogen-bond donors (Lipinski definition) is 1. The van der Waals surface area contributed by atoms with E-state index < -0.39 is 6.29 Å². The number of hydrogen-bond acceptors (Lipinski definition) is 6. The van der Waals surface area contributed by atoms with Gasteiger partial charge >= 0.3 is 0 Å². The van der Waals surface area contributed by atoms with Gasteiger partial charge in [0.2, 0.25) is 5.91 Å². The topological polar surface area (TPSA) is 71.5 Å². The largest absolute Gasteiger partial charge is 0.493 e. The lowest BCUT2D eigenvalue weighted by molar-refractivity contribution is -0.122. The Bertz CT molecular complexity index is 1360. The fraction of sp³-hybridized carbons (Fsp3) is 0.424. The van der Waals surface area contributed by atoms with Crippen molar-refractivity contribution < 1.29 is 24.1 Å². The average molecular weight is 579 g/mol. The molecule has 0 saturated carbocycles. The normalized spacial score (nSPS) is 20.7. The SMILES string of the molecule is COc1cc2c(cc1OC(C)C)[C@H](c1ccc(Cl)cc1)N(c1ccc([C@H](C)N3CCC[C@H]3C(O)OC)cc1)C(=O)C2. The third-order valence-electron chi connectivity index (χ3n) is 8.20. The lowest BCUT2D eigenvalue weighted by Gasteiger charge is -2.38. The summed E-state index contributed by atoms with van der Waals surface area (Å²) in [6, 6.07) is 19.5.